The Bertz CT molecular complexity index is 1800. The maximum atomic E-state index is 14.0. The van der Waals surface area contributed by atoms with Crippen LogP contribution in [0.25, 0.3) is 11.8 Å². The zero-order valence-electron chi connectivity index (χ0n) is 20.5. The third kappa shape index (κ3) is 5.54. The summed E-state index contributed by atoms with van der Waals surface area (Å²) in [5.41, 5.74) is 2.04. The highest BCUT2D eigenvalue weighted by molar-refractivity contribution is 14.1. The van der Waals surface area contributed by atoms with Crippen molar-refractivity contribution in [1.82, 2.24) is 4.57 Å². The Labute approximate surface area is 254 Å². The Morgan fingerprint density at radius 2 is 2.05 bits per heavy atom. The fourth-order valence-electron chi connectivity index (χ4n) is 4.25. The molecule has 0 saturated heterocycles. The molecule has 0 amide bonds. The minimum absolute atomic E-state index is 0.0986. The van der Waals surface area contributed by atoms with E-state index >= 15 is 0 Å². The topological polar surface area (TPSA) is 69.9 Å². The summed E-state index contributed by atoms with van der Waals surface area (Å²) in [6, 6.07) is 16.4. The zero-order valence-corrected chi connectivity index (χ0v) is 25.9. The van der Waals surface area contributed by atoms with Crippen LogP contribution < -0.4 is 19.6 Å². The number of ether oxygens (including phenoxy) is 2. The summed E-state index contributed by atoms with van der Waals surface area (Å²) in [7, 11) is 0. The summed E-state index contributed by atoms with van der Waals surface area (Å²) in [6.07, 6.45) is 7.21. The summed E-state index contributed by atoms with van der Waals surface area (Å²) in [5.74, 6) is 2.58. The number of fused-ring (bicyclic) bond motifs is 1. The second-order valence-electron chi connectivity index (χ2n) is 8.25. The van der Waals surface area contributed by atoms with Crippen molar-refractivity contribution in [2.24, 2.45) is 4.99 Å². The lowest BCUT2D eigenvalue weighted by Crippen LogP contribution is -2.39. The van der Waals surface area contributed by atoms with Gasteiger partial charge in [-0.05, 0) is 59.2 Å². The van der Waals surface area contributed by atoms with E-state index in [-0.39, 0.29) is 18.8 Å². The van der Waals surface area contributed by atoms with Crippen molar-refractivity contribution >= 4 is 78.9 Å². The number of terminal acetylenes is 1. The first kappa shape index (κ1) is 27.6. The fraction of sp³-hybridized carbons (Fsp3) is 0.138. The first-order valence-corrected chi connectivity index (χ1v) is 15.4. The van der Waals surface area contributed by atoms with Crippen LogP contribution in [0.5, 0.6) is 5.75 Å². The molecule has 0 saturated carbocycles. The average Bonchev–Trinajstić information content (AvgIpc) is 3.56. The third-order valence-electron chi connectivity index (χ3n) is 5.81. The largest absolute Gasteiger partial charge is 0.479 e. The van der Waals surface area contributed by atoms with E-state index in [1.54, 1.807) is 17.6 Å². The number of nitrogens with zero attached hydrogens (tertiary/aromatic N) is 2. The molecule has 0 unspecified atom stereocenters. The molecule has 1 atom stereocenters. The van der Waals surface area contributed by atoms with Crippen molar-refractivity contribution < 1.29 is 14.3 Å². The van der Waals surface area contributed by atoms with Crippen LogP contribution in [0.1, 0.15) is 29.0 Å². The molecule has 0 aliphatic carbocycles. The van der Waals surface area contributed by atoms with Crippen molar-refractivity contribution in [3.63, 3.8) is 0 Å². The van der Waals surface area contributed by atoms with Gasteiger partial charge in [-0.2, -0.15) is 0 Å². The number of thiazole rings is 1. The van der Waals surface area contributed by atoms with Gasteiger partial charge >= 0.3 is 5.97 Å². The highest BCUT2D eigenvalue weighted by Crippen LogP contribution is 2.37. The highest BCUT2D eigenvalue weighted by Gasteiger charge is 2.35. The first-order chi connectivity index (χ1) is 18.9. The van der Waals surface area contributed by atoms with Gasteiger partial charge < -0.3 is 9.47 Å². The van der Waals surface area contributed by atoms with Crippen LogP contribution in [0, 0.1) is 15.9 Å². The van der Waals surface area contributed by atoms with E-state index in [1.807, 2.05) is 60.0 Å². The molecule has 0 fully saturated rings. The number of hydrogen-bond acceptors (Lipinski definition) is 7. The number of rotatable bonds is 7. The van der Waals surface area contributed by atoms with Gasteiger partial charge in [-0.15, -0.1) is 17.8 Å². The van der Waals surface area contributed by atoms with Gasteiger partial charge in [0, 0.05) is 20.5 Å². The molecule has 1 aliphatic rings. The molecule has 1 aliphatic heterocycles. The van der Waals surface area contributed by atoms with E-state index in [1.165, 1.54) is 22.7 Å². The van der Waals surface area contributed by atoms with Gasteiger partial charge in [-0.1, -0.05) is 69.6 Å². The van der Waals surface area contributed by atoms with Gasteiger partial charge in [-0.25, -0.2) is 9.79 Å². The Kier molecular flexibility index (Phi) is 8.52. The number of halogens is 2. The van der Waals surface area contributed by atoms with E-state index in [2.05, 4.69) is 44.4 Å². The van der Waals surface area contributed by atoms with Gasteiger partial charge in [0.05, 0.1) is 26.0 Å². The van der Waals surface area contributed by atoms with Crippen LogP contribution in [0.2, 0.25) is 0 Å². The number of aromatic nitrogens is 1. The zero-order chi connectivity index (χ0) is 27.5. The third-order valence-corrected chi connectivity index (χ3v) is 8.98. The molecular formula is C29H20BrIN2O4S2. The number of esters is 1. The molecule has 2 aromatic carbocycles. The summed E-state index contributed by atoms with van der Waals surface area (Å²) in [5, 5.41) is 1.93. The summed E-state index contributed by atoms with van der Waals surface area (Å²) in [4.78, 5) is 33.6. The Morgan fingerprint density at radius 1 is 1.26 bits per heavy atom. The number of benzene rings is 2. The lowest BCUT2D eigenvalue weighted by atomic mass is 9.97. The van der Waals surface area contributed by atoms with Crippen molar-refractivity contribution in [2.75, 3.05) is 13.2 Å². The SMILES string of the molecule is C#CCOc1c(I)cc(Br)cc1/C=c1\sc2n(c1=O)[C@H](c1cccs1)C(C(=O)OCC)=C(c1ccccc1)N=2. The number of thiophene rings is 1. The predicted octanol–water partition coefficient (Wildman–Crippen LogP) is 5.38. The molecule has 2 aromatic heterocycles. The van der Waals surface area contributed by atoms with Crippen molar-refractivity contribution in [3.8, 4) is 18.1 Å². The maximum Gasteiger partial charge on any atom is 0.338 e. The monoisotopic (exact) mass is 730 g/mol. The maximum absolute atomic E-state index is 14.0. The second-order valence-corrected chi connectivity index (χ2v) is 12.3. The van der Waals surface area contributed by atoms with Crippen LogP contribution in [0.3, 0.4) is 0 Å². The minimum Gasteiger partial charge on any atom is -0.479 e. The fourth-order valence-corrected chi connectivity index (χ4v) is 7.77. The van der Waals surface area contributed by atoms with E-state index in [0.29, 0.717) is 31.9 Å². The molecule has 39 heavy (non-hydrogen) atoms. The predicted molar refractivity (Wildman–Crippen MR) is 167 cm³/mol. The summed E-state index contributed by atoms with van der Waals surface area (Å²) >= 11 is 8.45. The molecule has 3 heterocycles. The molecule has 0 N–H and O–H groups in total. The molecule has 0 spiro atoms. The highest BCUT2D eigenvalue weighted by atomic mass is 127. The van der Waals surface area contributed by atoms with Gasteiger partial charge in [-0.3, -0.25) is 9.36 Å². The molecule has 4 aromatic rings. The van der Waals surface area contributed by atoms with Crippen LogP contribution in [0.15, 0.2) is 79.8 Å². The molecular weight excluding hydrogens is 711 g/mol. The normalized spacial score (nSPS) is 14.9. The van der Waals surface area contributed by atoms with Crippen LogP contribution in [-0.4, -0.2) is 23.8 Å². The molecule has 0 bridgehead atoms. The number of carbonyl (C=O) groups is 1. The lowest BCUT2D eigenvalue weighted by Gasteiger charge is -2.24. The van der Waals surface area contributed by atoms with Crippen LogP contribution in [-0.2, 0) is 9.53 Å². The van der Waals surface area contributed by atoms with E-state index in [9.17, 15) is 9.59 Å². The van der Waals surface area contributed by atoms with Crippen LogP contribution >= 0.6 is 61.2 Å². The summed E-state index contributed by atoms with van der Waals surface area (Å²) < 4.78 is 15.0. The quantitative estimate of drug-likeness (QED) is 0.146. The Balaban J connectivity index is 1.80. The van der Waals surface area contributed by atoms with Crippen molar-refractivity contribution in [2.45, 2.75) is 13.0 Å². The van der Waals surface area contributed by atoms with Crippen molar-refractivity contribution in [1.29, 1.82) is 0 Å². The average molecular weight is 731 g/mol. The van der Waals surface area contributed by atoms with Crippen LogP contribution in [0.4, 0.5) is 0 Å². The molecule has 0 radical (unpaired) electrons. The molecule has 5 rings (SSSR count). The molecule has 10 heteroatoms. The minimum atomic E-state index is -0.683. The Hall–Kier alpha value is -2.98. The van der Waals surface area contributed by atoms with E-state index in [4.69, 9.17) is 20.9 Å². The molecule has 6 nitrogen and oxygen atoms in total. The Morgan fingerprint density at radius 3 is 2.74 bits per heavy atom. The van der Waals surface area contributed by atoms with Gasteiger partial charge in [0.2, 0.25) is 0 Å². The molecule has 196 valence electrons. The van der Waals surface area contributed by atoms with Gasteiger partial charge in [0.1, 0.15) is 18.4 Å². The number of hydrogen-bond donors (Lipinski definition) is 0. The second kappa shape index (κ2) is 12.0. The van der Waals surface area contributed by atoms with Gasteiger partial charge in [0.15, 0.2) is 4.80 Å². The summed E-state index contributed by atoms with van der Waals surface area (Å²) in [6.45, 7) is 2.06. The van der Waals surface area contributed by atoms with E-state index < -0.39 is 12.0 Å². The first-order valence-electron chi connectivity index (χ1n) is 11.8. The van der Waals surface area contributed by atoms with Crippen molar-refractivity contribution in [3.05, 3.63) is 109 Å². The van der Waals surface area contributed by atoms with Gasteiger partial charge in [0.25, 0.3) is 5.56 Å². The number of carbonyl (C=O) groups excluding carboxylic acids is 1. The lowest BCUT2D eigenvalue weighted by molar-refractivity contribution is -0.138. The standard InChI is InChI=1S/C29H20BrIN2O4S2/c1-3-12-37-26-18(14-19(30)16-20(26)31)15-22-27(34)33-25(21-11-8-13-38-21)23(28(35)36-4-2)24(32-29(33)39-22)17-9-6-5-7-10-17/h1,5-11,13-16,25H,4,12H2,2H3/b22-15-/t25-/m1/s1. The van der Waals surface area contributed by atoms with E-state index in [0.717, 1.165) is 18.5 Å². The smallest absolute Gasteiger partial charge is 0.338 e.